The van der Waals surface area contributed by atoms with Gasteiger partial charge in [0.05, 0.1) is 5.69 Å². The van der Waals surface area contributed by atoms with Gasteiger partial charge in [0.25, 0.3) is 5.91 Å². The van der Waals surface area contributed by atoms with Crippen LogP contribution in [0.4, 0.5) is 10.1 Å². The predicted molar refractivity (Wildman–Crippen MR) is 76.4 cm³/mol. The number of nitrogens with two attached hydrogens (primary N) is 1. The molecule has 0 aliphatic rings. The number of nitrogens with zero attached hydrogens (tertiary/aromatic N) is 1. The molecule has 1 amide bonds. The molecule has 1 aromatic carbocycles. The maximum atomic E-state index is 13.4. The van der Waals surface area contributed by atoms with E-state index in [1.807, 2.05) is 0 Å². The molecule has 106 valence electrons. The van der Waals surface area contributed by atoms with Crippen LogP contribution in [0.3, 0.4) is 0 Å². The minimum atomic E-state index is -0.542. The second-order valence-corrected chi connectivity index (χ2v) is 5.73. The van der Waals surface area contributed by atoms with Crippen molar-refractivity contribution in [3.63, 3.8) is 0 Å². The number of anilines is 1. The Balaban J connectivity index is 2.94. The van der Waals surface area contributed by atoms with E-state index in [0.29, 0.717) is 30.5 Å². The minimum Gasteiger partial charge on any atom is -0.396 e. The molecule has 3 nitrogen and oxygen atoms in total. The average Bonchev–Trinajstić information content (AvgIpc) is 2.29. The van der Waals surface area contributed by atoms with Gasteiger partial charge in [0.2, 0.25) is 0 Å². The van der Waals surface area contributed by atoms with Crippen LogP contribution >= 0.6 is 0 Å². The maximum Gasteiger partial charge on any atom is 0.253 e. The average molecular weight is 266 g/mol. The first kappa shape index (κ1) is 15.5. The van der Waals surface area contributed by atoms with E-state index in [-0.39, 0.29) is 11.6 Å². The summed E-state index contributed by atoms with van der Waals surface area (Å²) < 4.78 is 13.4. The Bertz CT molecular complexity index is 434. The molecule has 0 aromatic heterocycles. The molecule has 0 bridgehead atoms. The van der Waals surface area contributed by atoms with Crippen molar-refractivity contribution in [2.75, 3.05) is 18.8 Å². The summed E-state index contributed by atoms with van der Waals surface area (Å²) in [5.41, 5.74) is 5.85. The van der Waals surface area contributed by atoms with Crippen molar-refractivity contribution in [1.82, 2.24) is 4.90 Å². The normalized spacial score (nSPS) is 11.1. The fourth-order valence-electron chi connectivity index (χ4n) is 1.96. The summed E-state index contributed by atoms with van der Waals surface area (Å²) in [4.78, 5) is 14.2. The van der Waals surface area contributed by atoms with Crippen molar-refractivity contribution >= 4 is 11.6 Å². The zero-order valence-corrected chi connectivity index (χ0v) is 12.1. The van der Waals surface area contributed by atoms with Gasteiger partial charge in [0, 0.05) is 18.7 Å². The topological polar surface area (TPSA) is 46.3 Å². The fourth-order valence-corrected chi connectivity index (χ4v) is 1.96. The van der Waals surface area contributed by atoms with Crippen LogP contribution < -0.4 is 5.73 Å². The molecule has 19 heavy (non-hydrogen) atoms. The molecule has 4 heteroatoms. The fraction of sp³-hybridized carbons (Fsp3) is 0.533. The third-order valence-corrected chi connectivity index (χ3v) is 2.71. The van der Waals surface area contributed by atoms with E-state index in [0.717, 1.165) is 0 Å². The van der Waals surface area contributed by atoms with Crippen molar-refractivity contribution in [2.24, 2.45) is 11.8 Å². The summed E-state index contributed by atoms with van der Waals surface area (Å²) >= 11 is 0. The summed E-state index contributed by atoms with van der Waals surface area (Å²) in [5.74, 6) is 0.0730. The van der Waals surface area contributed by atoms with Gasteiger partial charge in [0.1, 0.15) is 5.82 Å². The lowest BCUT2D eigenvalue weighted by Crippen LogP contribution is -2.37. The van der Waals surface area contributed by atoms with E-state index in [4.69, 9.17) is 5.73 Å². The Hall–Kier alpha value is -1.58. The molecule has 1 aromatic rings. The Kier molecular flexibility index (Phi) is 5.33. The molecule has 1 rings (SSSR count). The van der Waals surface area contributed by atoms with Crippen LogP contribution in [-0.4, -0.2) is 23.9 Å². The van der Waals surface area contributed by atoms with Gasteiger partial charge in [-0.25, -0.2) is 4.39 Å². The molecule has 0 aliphatic carbocycles. The largest absolute Gasteiger partial charge is 0.396 e. The first-order chi connectivity index (χ1) is 8.81. The molecule has 0 aliphatic heterocycles. The van der Waals surface area contributed by atoms with Gasteiger partial charge in [-0.3, -0.25) is 4.79 Å². The molecule has 2 N–H and O–H groups in total. The number of benzene rings is 1. The molecular weight excluding hydrogens is 243 g/mol. The predicted octanol–water partition coefficient (Wildman–Crippen LogP) is 3.16. The quantitative estimate of drug-likeness (QED) is 0.832. The van der Waals surface area contributed by atoms with E-state index >= 15 is 0 Å². The molecule has 0 atom stereocenters. The van der Waals surface area contributed by atoms with Gasteiger partial charge in [-0.05, 0) is 30.0 Å². The molecule has 0 fully saturated rings. The monoisotopic (exact) mass is 266 g/mol. The standard InChI is InChI=1S/C15H23FN2O/c1-10(2)8-18(9-11(3)4)15(19)12-5-6-14(17)13(16)7-12/h5-7,10-11H,8-9,17H2,1-4H3. The maximum absolute atomic E-state index is 13.4. The summed E-state index contributed by atoms with van der Waals surface area (Å²) in [6, 6.07) is 4.23. The number of amides is 1. The molecule has 0 unspecified atom stereocenters. The summed E-state index contributed by atoms with van der Waals surface area (Å²) in [6.45, 7) is 9.58. The van der Waals surface area contributed by atoms with Crippen LogP contribution in [0.1, 0.15) is 38.1 Å². The minimum absolute atomic E-state index is 0.0656. The molecule has 0 heterocycles. The van der Waals surface area contributed by atoms with Crippen molar-refractivity contribution in [1.29, 1.82) is 0 Å². The first-order valence-corrected chi connectivity index (χ1v) is 6.65. The van der Waals surface area contributed by atoms with E-state index < -0.39 is 5.82 Å². The van der Waals surface area contributed by atoms with Crippen molar-refractivity contribution in [2.45, 2.75) is 27.7 Å². The molecule has 0 saturated heterocycles. The van der Waals surface area contributed by atoms with E-state index in [1.54, 1.807) is 11.0 Å². The van der Waals surface area contributed by atoms with Gasteiger partial charge in [-0.1, -0.05) is 27.7 Å². The van der Waals surface area contributed by atoms with Gasteiger partial charge < -0.3 is 10.6 Å². The van der Waals surface area contributed by atoms with Crippen LogP contribution in [0.2, 0.25) is 0 Å². The van der Waals surface area contributed by atoms with Gasteiger partial charge in [0.15, 0.2) is 0 Å². The Labute approximate surface area is 114 Å². The van der Waals surface area contributed by atoms with E-state index in [9.17, 15) is 9.18 Å². The molecule has 0 spiro atoms. The van der Waals surface area contributed by atoms with Crippen LogP contribution in [0, 0.1) is 17.7 Å². The highest BCUT2D eigenvalue weighted by Crippen LogP contribution is 2.15. The Morgan fingerprint density at radius 1 is 1.21 bits per heavy atom. The first-order valence-electron chi connectivity index (χ1n) is 6.65. The summed E-state index contributed by atoms with van der Waals surface area (Å²) in [6.07, 6.45) is 0. The highest BCUT2D eigenvalue weighted by atomic mass is 19.1. The number of rotatable bonds is 5. The zero-order valence-electron chi connectivity index (χ0n) is 12.1. The summed E-state index contributed by atoms with van der Waals surface area (Å²) in [5, 5.41) is 0. The van der Waals surface area contributed by atoms with Crippen LogP contribution in [0.15, 0.2) is 18.2 Å². The van der Waals surface area contributed by atoms with Crippen LogP contribution in [0.25, 0.3) is 0 Å². The smallest absolute Gasteiger partial charge is 0.253 e. The van der Waals surface area contributed by atoms with Gasteiger partial charge >= 0.3 is 0 Å². The lowest BCUT2D eigenvalue weighted by molar-refractivity contribution is 0.0714. The van der Waals surface area contributed by atoms with E-state index in [1.165, 1.54) is 12.1 Å². The Morgan fingerprint density at radius 3 is 2.16 bits per heavy atom. The highest BCUT2D eigenvalue weighted by molar-refractivity contribution is 5.94. The van der Waals surface area contributed by atoms with Crippen LogP contribution in [0.5, 0.6) is 0 Å². The summed E-state index contributed by atoms with van der Waals surface area (Å²) in [7, 11) is 0. The molecular formula is C15H23FN2O. The van der Waals surface area contributed by atoms with Crippen molar-refractivity contribution in [3.8, 4) is 0 Å². The number of carbonyl (C=O) groups is 1. The van der Waals surface area contributed by atoms with Crippen molar-refractivity contribution in [3.05, 3.63) is 29.6 Å². The second-order valence-electron chi connectivity index (χ2n) is 5.73. The number of halogens is 1. The lowest BCUT2D eigenvalue weighted by Gasteiger charge is -2.26. The number of hydrogen-bond donors (Lipinski definition) is 1. The third-order valence-electron chi connectivity index (χ3n) is 2.71. The SMILES string of the molecule is CC(C)CN(CC(C)C)C(=O)c1ccc(N)c(F)c1. The number of carbonyl (C=O) groups excluding carboxylic acids is 1. The van der Waals surface area contributed by atoms with Gasteiger partial charge in [-0.2, -0.15) is 0 Å². The zero-order chi connectivity index (χ0) is 14.6. The van der Waals surface area contributed by atoms with E-state index in [2.05, 4.69) is 27.7 Å². The number of nitrogen functional groups attached to an aromatic ring is 1. The molecule has 0 saturated carbocycles. The number of hydrogen-bond acceptors (Lipinski definition) is 2. The Morgan fingerprint density at radius 2 is 1.74 bits per heavy atom. The highest BCUT2D eigenvalue weighted by Gasteiger charge is 2.18. The third kappa shape index (κ3) is 4.54. The lowest BCUT2D eigenvalue weighted by atomic mass is 10.1. The van der Waals surface area contributed by atoms with Crippen molar-refractivity contribution < 1.29 is 9.18 Å². The molecule has 0 radical (unpaired) electrons. The second kappa shape index (κ2) is 6.55. The van der Waals surface area contributed by atoms with Crippen LogP contribution in [-0.2, 0) is 0 Å². The van der Waals surface area contributed by atoms with Gasteiger partial charge in [-0.15, -0.1) is 0 Å².